The summed E-state index contributed by atoms with van der Waals surface area (Å²) in [7, 11) is -4.26. The molecule has 0 aliphatic carbocycles. The van der Waals surface area contributed by atoms with Crippen molar-refractivity contribution in [3.8, 4) is 11.5 Å². The number of alkyl carbamates (subject to hydrolysis) is 1. The number of carbonyl (C=O) groups is 3. The highest BCUT2D eigenvalue weighted by atomic mass is 31.2. The van der Waals surface area contributed by atoms with Gasteiger partial charge in [-0.25, -0.2) is 9.36 Å². The van der Waals surface area contributed by atoms with Gasteiger partial charge in [-0.1, -0.05) is 60.7 Å². The van der Waals surface area contributed by atoms with Gasteiger partial charge in [0, 0.05) is 31.6 Å². The molecular formula is C32H32N3O7P. The second kappa shape index (κ2) is 14.7. The first-order chi connectivity index (χ1) is 20.7. The van der Waals surface area contributed by atoms with Crippen molar-refractivity contribution in [2.75, 3.05) is 10.6 Å². The molecule has 11 heteroatoms. The van der Waals surface area contributed by atoms with Crippen molar-refractivity contribution < 1.29 is 32.7 Å². The normalized spacial score (nSPS) is 11.5. The average Bonchev–Trinajstić information content (AvgIpc) is 2.98. The average molecular weight is 602 g/mol. The molecule has 0 aliphatic heterocycles. The van der Waals surface area contributed by atoms with Gasteiger partial charge in [0.05, 0.1) is 0 Å². The summed E-state index contributed by atoms with van der Waals surface area (Å²) in [5, 5.41) is 8.03. The van der Waals surface area contributed by atoms with Crippen LogP contribution >= 0.6 is 7.60 Å². The van der Waals surface area contributed by atoms with Crippen LogP contribution < -0.4 is 25.0 Å². The third-order valence-corrected chi connectivity index (χ3v) is 7.97. The fraction of sp³-hybridized carbons (Fsp3) is 0.156. The van der Waals surface area contributed by atoms with Crippen LogP contribution in [0, 0.1) is 0 Å². The molecule has 0 heterocycles. The van der Waals surface area contributed by atoms with Gasteiger partial charge < -0.3 is 29.7 Å². The maximum atomic E-state index is 14.7. The monoisotopic (exact) mass is 601 g/mol. The molecule has 4 rings (SSSR count). The van der Waals surface area contributed by atoms with Crippen molar-refractivity contribution in [1.29, 1.82) is 0 Å². The number of hydrogen-bond donors (Lipinski definition) is 3. The molecule has 0 spiro atoms. The lowest BCUT2D eigenvalue weighted by Crippen LogP contribution is -2.39. The van der Waals surface area contributed by atoms with Crippen molar-refractivity contribution in [3.63, 3.8) is 0 Å². The van der Waals surface area contributed by atoms with E-state index in [-0.39, 0.29) is 36.3 Å². The van der Waals surface area contributed by atoms with E-state index < -0.39 is 19.5 Å². The van der Waals surface area contributed by atoms with E-state index in [0.717, 1.165) is 11.1 Å². The third kappa shape index (κ3) is 9.76. The van der Waals surface area contributed by atoms with Gasteiger partial charge >= 0.3 is 13.7 Å². The summed E-state index contributed by atoms with van der Waals surface area (Å²) in [5.74, 6) is -1.30. The van der Waals surface area contributed by atoms with Crippen molar-refractivity contribution in [3.05, 3.63) is 120 Å². The Kier molecular flexibility index (Phi) is 10.6. The zero-order valence-corrected chi connectivity index (χ0v) is 24.6. The summed E-state index contributed by atoms with van der Waals surface area (Å²) in [5.41, 5.74) is 2.59. The Morgan fingerprint density at radius 1 is 0.651 bits per heavy atom. The number of ether oxygens (including phenoxy) is 1. The molecule has 0 radical (unpaired) electrons. The van der Waals surface area contributed by atoms with E-state index in [0.29, 0.717) is 11.4 Å². The van der Waals surface area contributed by atoms with Crippen molar-refractivity contribution >= 4 is 36.9 Å². The van der Waals surface area contributed by atoms with E-state index in [2.05, 4.69) is 16.0 Å². The maximum Gasteiger partial charge on any atom is 0.453 e. The molecule has 1 atom stereocenters. The van der Waals surface area contributed by atoms with Crippen LogP contribution in [0.15, 0.2) is 109 Å². The zero-order chi connectivity index (χ0) is 30.7. The summed E-state index contributed by atoms with van der Waals surface area (Å²) in [6, 6.07) is 30.9. The third-order valence-electron chi connectivity index (χ3n) is 5.97. The largest absolute Gasteiger partial charge is 0.453 e. The molecule has 10 nitrogen and oxygen atoms in total. The lowest BCUT2D eigenvalue weighted by molar-refractivity contribution is -0.115. The van der Waals surface area contributed by atoms with Crippen LogP contribution in [0.3, 0.4) is 0 Å². The first-order valence-corrected chi connectivity index (χ1v) is 15.0. The molecular weight excluding hydrogens is 569 g/mol. The Morgan fingerprint density at radius 2 is 1.09 bits per heavy atom. The highest BCUT2D eigenvalue weighted by Gasteiger charge is 2.41. The number of rotatable bonds is 12. The minimum absolute atomic E-state index is 0.00592. The molecule has 1 unspecified atom stereocenters. The Labute approximate surface area is 249 Å². The van der Waals surface area contributed by atoms with Gasteiger partial charge in [0.15, 0.2) is 5.78 Å². The van der Waals surface area contributed by atoms with Crippen LogP contribution in [0.25, 0.3) is 0 Å². The molecule has 3 N–H and O–H groups in total. The van der Waals surface area contributed by atoms with Gasteiger partial charge in [0.1, 0.15) is 18.1 Å². The number of amides is 3. The van der Waals surface area contributed by atoms with Gasteiger partial charge in [-0.15, -0.1) is 0 Å². The molecule has 4 aromatic carbocycles. The van der Waals surface area contributed by atoms with Crippen LogP contribution in [0.5, 0.6) is 11.5 Å². The molecule has 0 fully saturated rings. The second-order valence-electron chi connectivity index (χ2n) is 9.55. The maximum absolute atomic E-state index is 14.7. The predicted octanol–water partition coefficient (Wildman–Crippen LogP) is 6.75. The van der Waals surface area contributed by atoms with Gasteiger partial charge in [0.25, 0.3) is 0 Å². The number of benzene rings is 4. The highest BCUT2D eigenvalue weighted by Crippen LogP contribution is 2.53. The minimum Gasteiger partial charge on any atom is -0.445 e. The summed E-state index contributed by atoms with van der Waals surface area (Å²) < 4.78 is 32.3. The SMILES string of the molecule is CC(=O)Nc1ccc(OP(=O)(Oc2ccc(NC(C)=O)cc2)C(Cc2ccccc2)NC(=O)OCc2ccccc2)cc1. The highest BCUT2D eigenvalue weighted by molar-refractivity contribution is 7.55. The summed E-state index contributed by atoms with van der Waals surface area (Å²) >= 11 is 0. The molecule has 0 bridgehead atoms. The Bertz CT molecular complexity index is 1500. The van der Waals surface area contributed by atoms with E-state index in [1.165, 1.54) is 38.1 Å². The molecule has 3 amide bonds. The molecule has 43 heavy (non-hydrogen) atoms. The number of carbonyl (C=O) groups excluding carboxylic acids is 3. The zero-order valence-electron chi connectivity index (χ0n) is 23.7. The minimum atomic E-state index is -4.26. The number of anilines is 2. The molecule has 0 aromatic heterocycles. The topological polar surface area (TPSA) is 132 Å². The van der Waals surface area contributed by atoms with Crippen molar-refractivity contribution in [2.45, 2.75) is 32.7 Å². The summed E-state index contributed by atoms with van der Waals surface area (Å²) in [4.78, 5) is 35.9. The molecule has 0 aliphatic rings. The lowest BCUT2D eigenvalue weighted by Gasteiger charge is -2.28. The first-order valence-electron chi connectivity index (χ1n) is 13.4. The predicted molar refractivity (Wildman–Crippen MR) is 164 cm³/mol. The number of nitrogens with one attached hydrogen (secondary N) is 3. The van der Waals surface area contributed by atoms with Crippen LogP contribution in [-0.4, -0.2) is 23.7 Å². The Morgan fingerprint density at radius 3 is 1.53 bits per heavy atom. The second-order valence-corrected chi connectivity index (χ2v) is 11.6. The van der Waals surface area contributed by atoms with Gasteiger partial charge in [-0.2, -0.15) is 0 Å². The van der Waals surface area contributed by atoms with Crippen LogP contribution in [0.1, 0.15) is 25.0 Å². The molecule has 222 valence electrons. The summed E-state index contributed by atoms with van der Waals surface area (Å²) in [6.45, 7) is 2.78. The fourth-order valence-corrected chi connectivity index (χ4v) is 5.85. The van der Waals surface area contributed by atoms with E-state index in [9.17, 15) is 18.9 Å². The van der Waals surface area contributed by atoms with Gasteiger partial charge in [0.2, 0.25) is 11.8 Å². The Hall–Kier alpha value is -5.08. The molecule has 0 saturated carbocycles. The van der Waals surface area contributed by atoms with E-state index in [1.807, 2.05) is 60.7 Å². The fourth-order valence-electron chi connectivity index (χ4n) is 4.02. The van der Waals surface area contributed by atoms with Gasteiger partial charge in [-0.05, 0) is 59.7 Å². The Balaban J connectivity index is 1.65. The smallest absolute Gasteiger partial charge is 0.445 e. The van der Waals surface area contributed by atoms with Gasteiger partial charge in [-0.3, -0.25) is 9.59 Å². The number of hydrogen-bond acceptors (Lipinski definition) is 7. The standard InChI is InChI=1S/C32H32N3O7P/c1-23(36)33-27-13-17-29(18-14-27)41-43(39,42-30-19-15-28(16-20-30)34-24(2)37)31(21-25-9-5-3-6-10-25)35-32(38)40-22-26-11-7-4-8-12-26/h3-20,31H,21-22H2,1-2H3,(H,33,36)(H,34,37)(H,35,38). The first kappa shape index (κ1) is 30.9. The molecule has 0 saturated heterocycles. The quantitative estimate of drug-likeness (QED) is 0.153. The summed E-state index contributed by atoms with van der Waals surface area (Å²) in [6.07, 6.45) is -0.716. The van der Waals surface area contributed by atoms with E-state index >= 15 is 0 Å². The van der Waals surface area contributed by atoms with Crippen LogP contribution in [0.2, 0.25) is 0 Å². The van der Waals surface area contributed by atoms with Crippen LogP contribution in [0.4, 0.5) is 16.2 Å². The van der Waals surface area contributed by atoms with Crippen molar-refractivity contribution in [1.82, 2.24) is 5.32 Å². The van der Waals surface area contributed by atoms with E-state index in [1.54, 1.807) is 24.3 Å². The van der Waals surface area contributed by atoms with Crippen LogP contribution in [-0.2, 0) is 31.9 Å². The molecule has 4 aromatic rings. The van der Waals surface area contributed by atoms with Crippen molar-refractivity contribution in [2.24, 2.45) is 0 Å². The van der Waals surface area contributed by atoms with E-state index in [4.69, 9.17) is 13.8 Å². The lowest BCUT2D eigenvalue weighted by atomic mass is 10.1.